The number of rotatable bonds is 4. The average molecular weight is 390 g/mol. The summed E-state index contributed by atoms with van der Waals surface area (Å²) in [6.45, 7) is 8.31. The molecule has 0 saturated carbocycles. The van der Waals surface area contributed by atoms with Gasteiger partial charge >= 0.3 is 6.09 Å². The average Bonchev–Trinajstić information content (AvgIpc) is 2.86. The van der Waals surface area contributed by atoms with Gasteiger partial charge in [-0.15, -0.1) is 0 Å². The number of nitriles is 1. The van der Waals surface area contributed by atoms with Crippen LogP contribution in [0.5, 0.6) is 0 Å². The molecule has 10 heteroatoms. The van der Waals surface area contributed by atoms with Crippen LogP contribution in [-0.2, 0) is 28.5 Å². The highest BCUT2D eigenvalue weighted by Gasteiger charge is 2.60. The van der Waals surface area contributed by atoms with Crippen LogP contribution in [0.2, 0.25) is 0 Å². The number of carbonyl (C=O) groups is 1. The Morgan fingerprint density at radius 3 is 2.23 bits per heavy atom. The zero-order valence-corrected chi connectivity index (χ0v) is 16.7. The lowest BCUT2D eigenvalue weighted by molar-refractivity contribution is -0.167. The van der Waals surface area contributed by atoms with Crippen LogP contribution in [0, 0.1) is 11.3 Å². The van der Waals surface area contributed by atoms with Crippen molar-refractivity contribution in [2.45, 2.75) is 76.7 Å². The number of nitrogens with zero attached hydrogens (tertiary/aromatic N) is 2. The lowest BCUT2D eigenvalue weighted by Gasteiger charge is -2.34. The fourth-order valence-electron chi connectivity index (χ4n) is 3.24. The number of hydrogen-bond donors (Lipinski definition) is 0. The van der Waals surface area contributed by atoms with Crippen LogP contribution < -0.4 is 0 Å². The predicted molar refractivity (Wildman–Crippen MR) is 90.5 cm³/mol. The molecule has 0 radical (unpaired) electrons. The third-order valence-electron chi connectivity index (χ3n) is 3.99. The first-order valence-corrected chi connectivity index (χ1v) is 10.1. The summed E-state index contributed by atoms with van der Waals surface area (Å²) in [7, 11) is -3.72. The topological polar surface area (TPSA) is 115 Å². The van der Waals surface area contributed by atoms with E-state index in [1.54, 1.807) is 34.6 Å². The lowest BCUT2D eigenvalue weighted by Crippen LogP contribution is -2.50. The van der Waals surface area contributed by atoms with Gasteiger partial charge in [-0.05, 0) is 34.6 Å². The number of hydrogen-bond acceptors (Lipinski definition) is 8. The molecule has 1 unspecified atom stereocenters. The molecule has 0 aromatic heterocycles. The highest BCUT2D eigenvalue weighted by Crippen LogP contribution is 2.42. The molecule has 2 rings (SSSR count). The Bertz CT molecular complexity index is 692. The monoisotopic (exact) mass is 390 g/mol. The standard InChI is InChI=1S/C16H26N2O7S/c1-15(2,3)25-14(19)18-10(7-8-17)12-13(24-16(4,5)23-12)11(18)9-22-26(6,20)21/h10-13H,7,9H2,1-6H3/t10-,11+,12?,13-/m0/s1. The van der Waals surface area contributed by atoms with Gasteiger partial charge in [0.15, 0.2) is 5.79 Å². The van der Waals surface area contributed by atoms with Crippen LogP contribution in [0.15, 0.2) is 0 Å². The normalized spacial score (nSPS) is 30.7. The van der Waals surface area contributed by atoms with Crippen LogP contribution in [0.1, 0.15) is 41.0 Å². The maximum absolute atomic E-state index is 12.8. The van der Waals surface area contributed by atoms with Crippen molar-refractivity contribution in [2.75, 3.05) is 12.9 Å². The van der Waals surface area contributed by atoms with E-state index in [4.69, 9.17) is 18.4 Å². The van der Waals surface area contributed by atoms with Crippen molar-refractivity contribution in [2.24, 2.45) is 0 Å². The number of carbonyl (C=O) groups excluding carboxylic acids is 1. The molecule has 0 spiro atoms. The van der Waals surface area contributed by atoms with Gasteiger partial charge in [0, 0.05) is 0 Å². The summed E-state index contributed by atoms with van der Waals surface area (Å²) in [5, 5.41) is 9.20. The molecule has 148 valence electrons. The molecule has 0 aromatic rings. The second-order valence-corrected chi connectivity index (χ2v) is 9.58. The molecule has 2 saturated heterocycles. The lowest BCUT2D eigenvalue weighted by atomic mass is 10.1. The van der Waals surface area contributed by atoms with E-state index in [2.05, 4.69) is 0 Å². The van der Waals surface area contributed by atoms with E-state index in [0.29, 0.717) is 0 Å². The van der Waals surface area contributed by atoms with Crippen molar-refractivity contribution in [3.05, 3.63) is 0 Å². The van der Waals surface area contributed by atoms with Crippen LogP contribution in [0.3, 0.4) is 0 Å². The molecule has 2 aliphatic rings. The van der Waals surface area contributed by atoms with E-state index in [0.717, 1.165) is 6.26 Å². The molecule has 1 amide bonds. The molecule has 0 bridgehead atoms. The molecule has 0 aromatic carbocycles. The summed E-state index contributed by atoms with van der Waals surface area (Å²) >= 11 is 0. The van der Waals surface area contributed by atoms with Crippen molar-refractivity contribution >= 4 is 16.2 Å². The second-order valence-electron chi connectivity index (χ2n) is 7.94. The minimum atomic E-state index is -3.72. The van der Waals surface area contributed by atoms with Gasteiger partial charge in [0.05, 0.1) is 37.4 Å². The first-order valence-electron chi connectivity index (χ1n) is 8.32. The molecule has 0 aliphatic carbocycles. The summed E-state index contributed by atoms with van der Waals surface area (Å²) in [5.74, 6) is -0.910. The molecule has 2 heterocycles. The van der Waals surface area contributed by atoms with E-state index in [1.807, 2.05) is 6.07 Å². The fraction of sp³-hybridized carbons (Fsp3) is 0.875. The number of fused-ring (bicyclic) bond motifs is 1. The smallest absolute Gasteiger partial charge is 0.411 e. The van der Waals surface area contributed by atoms with Crippen molar-refractivity contribution in [3.63, 3.8) is 0 Å². The summed E-state index contributed by atoms with van der Waals surface area (Å²) < 4.78 is 45.0. The third kappa shape index (κ3) is 4.85. The largest absolute Gasteiger partial charge is 0.444 e. The van der Waals surface area contributed by atoms with Gasteiger partial charge in [-0.2, -0.15) is 13.7 Å². The van der Waals surface area contributed by atoms with Crippen molar-refractivity contribution in [1.82, 2.24) is 4.90 Å². The van der Waals surface area contributed by atoms with Crippen molar-refractivity contribution in [3.8, 4) is 6.07 Å². The van der Waals surface area contributed by atoms with Crippen molar-refractivity contribution < 1.29 is 31.6 Å². The minimum Gasteiger partial charge on any atom is -0.444 e. The quantitative estimate of drug-likeness (QED) is 0.661. The van der Waals surface area contributed by atoms with Crippen LogP contribution in [0.25, 0.3) is 0 Å². The van der Waals surface area contributed by atoms with Gasteiger partial charge < -0.3 is 14.2 Å². The van der Waals surface area contributed by atoms with Gasteiger partial charge in [-0.25, -0.2) is 4.79 Å². The minimum absolute atomic E-state index is 0.00474. The molecule has 9 nitrogen and oxygen atoms in total. The van der Waals surface area contributed by atoms with Gasteiger partial charge in [0.25, 0.3) is 10.1 Å². The van der Waals surface area contributed by atoms with E-state index >= 15 is 0 Å². The van der Waals surface area contributed by atoms with Crippen molar-refractivity contribution in [1.29, 1.82) is 5.26 Å². The maximum atomic E-state index is 12.8. The van der Waals surface area contributed by atoms with Crippen LogP contribution in [0.4, 0.5) is 4.79 Å². The SMILES string of the molecule is CC(C)(C)OC(=O)N1[C@H](COS(C)(=O)=O)[C@@H]2OC(C)(C)OC2[C@@H]1CC#N. The van der Waals surface area contributed by atoms with Crippen LogP contribution >= 0.6 is 0 Å². The van der Waals surface area contributed by atoms with Crippen LogP contribution in [-0.4, -0.2) is 68.0 Å². The molecule has 0 N–H and O–H groups in total. The second kappa shape index (κ2) is 6.96. The zero-order valence-electron chi connectivity index (χ0n) is 15.9. The van der Waals surface area contributed by atoms with Gasteiger partial charge in [-0.3, -0.25) is 9.08 Å². The van der Waals surface area contributed by atoms with Gasteiger partial charge in [0.2, 0.25) is 0 Å². The predicted octanol–water partition coefficient (Wildman–Crippen LogP) is 1.38. The first kappa shape index (κ1) is 20.9. The van der Waals surface area contributed by atoms with Gasteiger partial charge in [-0.1, -0.05) is 0 Å². The summed E-state index contributed by atoms with van der Waals surface area (Å²) in [5.41, 5.74) is -0.755. The first-order chi connectivity index (χ1) is 11.7. The highest BCUT2D eigenvalue weighted by molar-refractivity contribution is 7.85. The molecule has 2 aliphatic heterocycles. The number of ether oxygens (including phenoxy) is 3. The summed E-state index contributed by atoms with van der Waals surface area (Å²) in [4.78, 5) is 14.1. The Kier molecular flexibility index (Phi) is 5.59. The Morgan fingerprint density at radius 2 is 1.77 bits per heavy atom. The highest BCUT2D eigenvalue weighted by atomic mass is 32.2. The Balaban J connectivity index is 2.35. The molecular formula is C16H26N2O7S. The maximum Gasteiger partial charge on any atom is 0.411 e. The molecule has 2 fully saturated rings. The Morgan fingerprint density at radius 1 is 1.23 bits per heavy atom. The Hall–Kier alpha value is -1.41. The summed E-state index contributed by atoms with van der Waals surface area (Å²) in [6.07, 6.45) is -0.947. The van der Waals surface area contributed by atoms with Gasteiger partial charge in [0.1, 0.15) is 17.8 Å². The fourth-order valence-corrected chi connectivity index (χ4v) is 3.62. The molecule has 26 heavy (non-hydrogen) atoms. The molecule has 4 atom stereocenters. The third-order valence-corrected chi connectivity index (χ3v) is 4.56. The Labute approximate surface area is 154 Å². The summed E-state index contributed by atoms with van der Waals surface area (Å²) in [6, 6.07) is 0.657. The van der Waals surface area contributed by atoms with E-state index < -0.39 is 51.9 Å². The number of likely N-dealkylation sites (tertiary alicyclic amines) is 1. The van der Waals surface area contributed by atoms with E-state index in [-0.39, 0.29) is 13.0 Å². The van der Waals surface area contributed by atoms with E-state index in [1.165, 1.54) is 4.90 Å². The number of amides is 1. The van der Waals surface area contributed by atoms with E-state index in [9.17, 15) is 18.5 Å². The molecular weight excluding hydrogens is 364 g/mol. The zero-order chi connectivity index (χ0) is 19.9.